The molecule has 1 heteroatoms. The van der Waals surface area contributed by atoms with E-state index in [1.165, 1.54) is 45.1 Å². The Morgan fingerprint density at radius 2 is 1.85 bits per heavy atom. The minimum Gasteiger partial charge on any atom is -0.304 e. The Kier molecular flexibility index (Phi) is 5.14. The van der Waals surface area contributed by atoms with E-state index < -0.39 is 0 Å². The monoisotopic (exact) mass is 181 g/mol. The van der Waals surface area contributed by atoms with Gasteiger partial charge in [-0.15, -0.1) is 0 Å². The molecular formula is C12H23N. The van der Waals surface area contributed by atoms with E-state index in [0.29, 0.717) is 0 Å². The van der Waals surface area contributed by atoms with E-state index in [2.05, 4.69) is 31.0 Å². The fourth-order valence-corrected chi connectivity index (χ4v) is 1.81. The summed E-state index contributed by atoms with van der Waals surface area (Å²) in [7, 11) is 2.26. The van der Waals surface area contributed by atoms with Gasteiger partial charge in [0.1, 0.15) is 0 Å². The van der Waals surface area contributed by atoms with Crippen molar-refractivity contribution in [1.82, 2.24) is 4.90 Å². The van der Waals surface area contributed by atoms with E-state index in [1.54, 1.807) is 0 Å². The Morgan fingerprint density at radius 3 is 2.69 bits per heavy atom. The van der Waals surface area contributed by atoms with E-state index >= 15 is 0 Å². The van der Waals surface area contributed by atoms with Gasteiger partial charge in [-0.3, -0.25) is 0 Å². The molecule has 0 bridgehead atoms. The van der Waals surface area contributed by atoms with Crippen molar-refractivity contribution >= 4 is 0 Å². The van der Waals surface area contributed by atoms with Crippen LogP contribution in [0.2, 0.25) is 0 Å². The molecule has 0 radical (unpaired) electrons. The van der Waals surface area contributed by atoms with Crippen LogP contribution < -0.4 is 0 Å². The zero-order valence-corrected chi connectivity index (χ0v) is 9.13. The summed E-state index contributed by atoms with van der Waals surface area (Å²) in [6.45, 7) is 3.62. The average molecular weight is 181 g/mol. The largest absolute Gasteiger partial charge is 0.304 e. The van der Waals surface area contributed by atoms with Gasteiger partial charge in [0.2, 0.25) is 0 Å². The third-order valence-electron chi connectivity index (χ3n) is 3.05. The van der Waals surface area contributed by atoms with Gasteiger partial charge in [0.05, 0.1) is 0 Å². The zero-order chi connectivity index (χ0) is 9.52. The lowest BCUT2D eigenvalue weighted by atomic mass is 10.1. The molecule has 0 aromatic rings. The summed E-state index contributed by atoms with van der Waals surface area (Å²) in [5, 5.41) is 0. The fraction of sp³-hybridized carbons (Fsp3) is 0.833. The summed E-state index contributed by atoms with van der Waals surface area (Å²) in [5.74, 6) is 0. The van der Waals surface area contributed by atoms with Crippen molar-refractivity contribution in [2.75, 3.05) is 13.6 Å². The Bertz CT molecular complexity index is 151. The van der Waals surface area contributed by atoms with Crippen molar-refractivity contribution in [2.45, 2.75) is 51.5 Å². The molecular weight excluding hydrogens is 158 g/mol. The first-order valence-corrected chi connectivity index (χ1v) is 5.66. The third-order valence-corrected chi connectivity index (χ3v) is 3.05. The normalized spacial score (nSPS) is 30.8. The Balaban J connectivity index is 2.35. The quantitative estimate of drug-likeness (QED) is 0.519. The van der Waals surface area contributed by atoms with Crippen LogP contribution in [0.1, 0.15) is 45.4 Å². The number of hydrogen-bond acceptors (Lipinski definition) is 1. The van der Waals surface area contributed by atoms with E-state index in [9.17, 15) is 0 Å². The molecule has 0 amide bonds. The number of allylic oxidation sites excluding steroid dienone is 2. The molecule has 0 aromatic carbocycles. The molecule has 0 N–H and O–H groups in total. The summed E-state index contributed by atoms with van der Waals surface area (Å²) in [6.07, 6.45) is 12.7. The molecule has 1 rings (SSSR count). The highest BCUT2D eigenvalue weighted by Gasteiger charge is 2.07. The van der Waals surface area contributed by atoms with Crippen molar-refractivity contribution in [3.05, 3.63) is 12.2 Å². The van der Waals surface area contributed by atoms with Crippen LogP contribution in [-0.4, -0.2) is 24.5 Å². The molecule has 13 heavy (non-hydrogen) atoms. The van der Waals surface area contributed by atoms with Crippen molar-refractivity contribution in [3.63, 3.8) is 0 Å². The summed E-state index contributed by atoms with van der Waals surface area (Å²) in [4.78, 5) is 2.50. The first kappa shape index (κ1) is 10.8. The first-order valence-electron chi connectivity index (χ1n) is 5.66. The van der Waals surface area contributed by atoms with Crippen molar-refractivity contribution in [3.8, 4) is 0 Å². The maximum Gasteiger partial charge on any atom is 0.00668 e. The molecule has 0 fully saturated rings. The molecule has 0 spiro atoms. The lowest BCUT2D eigenvalue weighted by Crippen LogP contribution is -2.29. The van der Waals surface area contributed by atoms with Gasteiger partial charge in [-0.05, 0) is 52.6 Å². The maximum atomic E-state index is 2.50. The summed E-state index contributed by atoms with van der Waals surface area (Å²) in [5.41, 5.74) is 0. The maximum absolute atomic E-state index is 2.50. The van der Waals surface area contributed by atoms with Gasteiger partial charge in [0.15, 0.2) is 0 Å². The van der Waals surface area contributed by atoms with E-state index in [1.807, 2.05) is 0 Å². The standard InChI is InChI=1S/C12H23N/c1-12-10-8-6-4-3-5-7-9-11-13(12)2/h4,6,12H,3,5,7-11H2,1-2H3/b6-4-. The second kappa shape index (κ2) is 6.20. The van der Waals surface area contributed by atoms with Gasteiger partial charge >= 0.3 is 0 Å². The van der Waals surface area contributed by atoms with Crippen LogP contribution in [0.15, 0.2) is 12.2 Å². The van der Waals surface area contributed by atoms with Crippen molar-refractivity contribution < 1.29 is 0 Å². The van der Waals surface area contributed by atoms with Gasteiger partial charge in [0.25, 0.3) is 0 Å². The predicted octanol–water partition coefficient (Wildman–Crippen LogP) is 3.22. The van der Waals surface area contributed by atoms with Crippen LogP contribution in [0.4, 0.5) is 0 Å². The molecule has 1 heterocycles. The molecule has 76 valence electrons. The summed E-state index contributed by atoms with van der Waals surface area (Å²) < 4.78 is 0. The van der Waals surface area contributed by atoms with Crippen LogP contribution in [0.5, 0.6) is 0 Å². The van der Waals surface area contributed by atoms with Crippen molar-refractivity contribution in [2.24, 2.45) is 0 Å². The van der Waals surface area contributed by atoms with Gasteiger partial charge < -0.3 is 4.90 Å². The fourth-order valence-electron chi connectivity index (χ4n) is 1.81. The summed E-state index contributed by atoms with van der Waals surface area (Å²) in [6, 6.07) is 0.753. The molecule has 1 atom stereocenters. The minimum atomic E-state index is 0.753. The van der Waals surface area contributed by atoms with Gasteiger partial charge in [-0.25, -0.2) is 0 Å². The SMILES string of the molecule is CC1CC/C=C\CCCCCN1C. The average Bonchev–Trinajstić information content (AvgIpc) is 2.16. The number of hydrogen-bond donors (Lipinski definition) is 0. The molecule has 0 aliphatic carbocycles. The second-order valence-electron chi connectivity index (χ2n) is 4.23. The Labute approximate surface area is 82.8 Å². The van der Waals surface area contributed by atoms with Crippen LogP contribution in [-0.2, 0) is 0 Å². The van der Waals surface area contributed by atoms with Gasteiger partial charge in [0, 0.05) is 6.04 Å². The lowest BCUT2D eigenvalue weighted by Gasteiger charge is -2.23. The topological polar surface area (TPSA) is 3.24 Å². The lowest BCUT2D eigenvalue weighted by molar-refractivity contribution is 0.242. The molecule has 1 aliphatic heterocycles. The van der Waals surface area contributed by atoms with Crippen molar-refractivity contribution in [1.29, 1.82) is 0 Å². The van der Waals surface area contributed by atoms with Crippen LogP contribution in [0.25, 0.3) is 0 Å². The Hall–Kier alpha value is -0.300. The predicted molar refractivity (Wildman–Crippen MR) is 58.9 cm³/mol. The van der Waals surface area contributed by atoms with Crippen LogP contribution >= 0.6 is 0 Å². The zero-order valence-electron chi connectivity index (χ0n) is 9.13. The van der Waals surface area contributed by atoms with Crippen LogP contribution in [0.3, 0.4) is 0 Å². The van der Waals surface area contributed by atoms with Gasteiger partial charge in [-0.2, -0.15) is 0 Å². The molecule has 0 saturated carbocycles. The third kappa shape index (κ3) is 4.47. The van der Waals surface area contributed by atoms with Crippen LogP contribution in [0, 0.1) is 0 Å². The van der Waals surface area contributed by atoms with E-state index in [0.717, 1.165) is 6.04 Å². The van der Waals surface area contributed by atoms with E-state index in [-0.39, 0.29) is 0 Å². The highest BCUT2D eigenvalue weighted by molar-refractivity contribution is 4.83. The number of rotatable bonds is 0. The number of nitrogens with zero attached hydrogens (tertiary/aromatic N) is 1. The second-order valence-corrected chi connectivity index (χ2v) is 4.23. The molecule has 0 saturated heterocycles. The molecule has 1 aliphatic rings. The molecule has 1 nitrogen and oxygen atoms in total. The smallest absolute Gasteiger partial charge is 0.00668 e. The highest BCUT2D eigenvalue weighted by atomic mass is 15.1. The van der Waals surface area contributed by atoms with Gasteiger partial charge in [-0.1, -0.05) is 18.6 Å². The van der Waals surface area contributed by atoms with E-state index in [4.69, 9.17) is 0 Å². The minimum absolute atomic E-state index is 0.753. The molecule has 1 unspecified atom stereocenters. The first-order chi connectivity index (χ1) is 6.30. The summed E-state index contributed by atoms with van der Waals surface area (Å²) >= 11 is 0. The highest BCUT2D eigenvalue weighted by Crippen LogP contribution is 2.10. The Morgan fingerprint density at radius 1 is 1.08 bits per heavy atom. The molecule has 0 aromatic heterocycles.